The van der Waals surface area contributed by atoms with Crippen LogP contribution in [0.3, 0.4) is 0 Å². The Labute approximate surface area is 316 Å². The van der Waals surface area contributed by atoms with Crippen LogP contribution < -0.4 is 0 Å². The Hall–Kier alpha value is -7.37. The Morgan fingerprint density at radius 2 is 1.09 bits per heavy atom. The van der Waals surface area contributed by atoms with Gasteiger partial charge in [0.05, 0.1) is 23.6 Å². The smallest absolute Gasteiger partial charge is 0.166 e. The van der Waals surface area contributed by atoms with Gasteiger partial charge in [-0.05, 0) is 81.6 Å². The second kappa shape index (κ2) is 11.1. The SMILES string of the molecule is [2H]c1c([2H])c([2H])c(-c2nc(-c3ccc4oc5ccccc5c4c3)nc(-c3ccccc3-n3c4cccc5c4c4c6c(cccc6ccc43)-c3ccccc3-5)n2)c([2H])c1[2H]. The minimum absolute atomic E-state index is 0.0277. The molecule has 0 radical (unpaired) electrons. The van der Waals surface area contributed by atoms with E-state index >= 15 is 0 Å². The minimum atomic E-state index is -0.488. The number of rotatable bonds is 4. The van der Waals surface area contributed by atoms with Gasteiger partial charge in [-0.3, -0.25) is 0 Å². The molecule has 11 aromatic rings. The van der Waals surface area contributed by atoms with Crippen molar-refractivity contribution in [2.24, 2.45) is 0 Å². The number of para-hydroxylation sites is 2. The summed E-state index contributed by atoms with van der Waals surface area (Å²) >= 11 is 0. The fraction of sp³-hybridized carbons (Fsp3) is 0. The van der Waals surface area contributed by atoms with Gasteiger partial charge in [-0.15, -0.1) is 0 Å². The molecule has 0 bridgehead atoms. The maximum atomic E-state index is 8.91. The fourth-order valence-corrected chi connectivity index (χ4v) is 8.41. The van der Waals surface area contributed by atoms with Crippen LogP contribution in [0.2, 0.25) is 0 Å². The van der Waals surface area contributed by atoms with E-state index < -0.39 is 30.2 Å². The highest BCUT2D eigenvalue weighted by Gasteiger charge is 2.26. The molecule has 0 N–H and O–H groups in total. The Bertz CT molecular complexity index is 3620. The molecule has 12 rings (SSSR count). The number of fused-ring (bicyclic) bond motifs is 6. The molecule has 5 heteroatoms. The molecule has 3 aromatic heterocycles. The van der Waals surface area contributed by atoms with E-state index in [9.17, 15) is 0 Å². The third kappa shape index (κ3) is 4.12. The monoisotopic (exact) mass is 693 g/mol. The van der Waals surface area contributed by atoms with Crippen LogP contribution in [0.25, 0.3) is 117 Å². The third-order valence-electron chi connectivity index (χ3n) is 10.7. The molecule has 3 heterocycles. The molecule has 0 atom stereocenters. The van der Waals surface area contributed by atoms with Gasteiger partial charge in [-0.2, -0.15) is 0 Å². The number of hydrogen-bond acceptors (Lipinski definition) is 4. The minimum Gasteiger partial charge on any atom is -0.456 e. The third-order valence-corrected chi connectivity index (χ3v) is 10.7. The van der Waals surface area contributed by atoms with Gasteiger partial charge in [0.2, 0.25) is 0 Å². The molecule has 8 aromatic carbocycles. The van der Waals surface area contributed by atoms with Gasteiger partial charge >= 0.3 is 0 Å². The first-order valence-corrected chi connectivity index (χ1v) is 17.8. The standard InChI is InChI=1S/C49H28N4O/c1-2-12-30(13-3-1)47-50-48(31-25-27-43-38(28-31)34-17-7-9-23-42(34)54-43)52-49(51-47)37-18-6-8-21-39(37)53-40-22-11-20-36-33-16-5-4-15-32(33)35-19-10-14-29-24-26-41(53)46(44(29)35)45(36)40/h1-28H/i1D,2D,3D,12D,13D. The molecule has 5 nitrogen and oxygen atoms in total. The van der Waals surface area contributed by atoms with Crippen molar-refractivity contribution in [1.29, 1.82) is 0 Å². The van der Waals surface area contributed by atoms with Crippen LogP contribution in [-0.4, -0.2) is 19.5 Å². The van der Waals surface area contributed by atoms with Crippen LogP contribution in [0.15, 0.2) is 174 Å². The number of nitrogens with zero attached hydrogens (tertiary/aromatic N) is 4. The lowest BCUT2D eigenvalue weighted by Crippen LogP contribution is -2.03. The molecule has 0 saturated carbocycles. The first-order valence-electron chi connectivity index (χ1n) is 20.3. The molecule has 1 aliphatic rings. The summed E-state index contributed by atoms with van der Waals surface area (Å²) in [4.78, 5) is 14.9. The first-order chi connectivity index (χ1) is 28.9. The Morgan fingerprint density at radius 1 is 0.444 bits per heavy atom. The predicted octanol–water partition coefficient (Wildman–Crippen LogP) is 12.7. The van der Waals surface area contributed by atoms with Gasteiger partial charge in [0.25, 0.3) is 0 Å². The van der Waals surface area contributed by atoms with Gasteiger partial charge in [0.15, 0.2) is 17.5 Å². The van der Waals surface area contributed by atoms with E-state index in [1.54, 1.807) is 0 Å². The first kappa shape index (κ1) is 24.8. The van der Waals surface area contributed by atoms with Crippen molar-refractivity contribution in [2.75, 3.05) is 0 Å². The number of benzene rings is 8. The normalized spacial score (nSPS) is 13.4. The molecule has 0 aliphatic heterocycles. The van der Waals surface area contributed by atoms with E-state index in [1.165, 1.54) is 22.1 Å². The molecule has 1 aliphatic carbocycles. The molecule has 0 amide bonds. The summed E-state index contributed by atoms with van der Waals surface area (Å²) in [7, 11) is 0. The zero-order valence-corrected chi connectivity index (χ0v) is 28.5. The van der Waals surface area contributed by atoms with Crippen molar-refractivity contribution < 1.29 is 11.3 Å². The lowest BCUT2D eigenvalue weighted by atomic mass is 9.93. The quantitative estimate of drug-likeness (QED) is 0.184. The Balaban J connectivity index is 1.16. The summed E-state index contributed by atoms with van der Waals surface area (Å²) in [5, 5.41) is 6.47. The molecule has 250 valence electrons. The maximum Gasteiger partial charge on any atom is 0.166 e. The number of aromatic nitrogens is 4. The van der Waals surface area contributed by atoms with Crippen LogP contribution in [0.1, 0.15) is 6.85 Å². The molecule has 54 heavy (non-hydrogen) atoms. The molecular weight excluding hydrogens is 661 g/mol. The zero-order valence-electron chi connectivity index (χ0n) is 33.5. The average molecular weight is 694 g/mol. The summed E-state index contributed by atoms with van der Waals surface area (Å²) in [5.41, 5.74) is 10.2. The molecule has 0 fully saturated rings. The van der Waals surface area contributed by atoms with Crippen molar-refractivity contribution in [3.05, 3.63) is 170 Å². The van der Waals surface area contributed by atoms with Crippen molar-refractivity contribution in [3.63, 3.8) is 0 Å². The largest absolute Gasteiger partial charge is 0.456 e. The second-order valence-corrected chi connectivity index (χ2v) is 13.6. The van der Waals surface area contributed by atoms with E-state index in [-0.39, 0.29) is 23.0 Å². The van der Waals surface area contributed by atoms with Gasteiger partial charge in [-0.1, -0.05) is 121 Å². The van der Waals surface area contributed by atoms with Crippen molar-refractivity contribution in [3.8, 4) is 62.1 Å². The van der Waals surface area contributed by atoms with Gasteiger partial charge in [0.1, 0.15) is 11.2 Å². The molecular formula is C49H28N4O. The number of hydrogen-bond donors (Lipinski definition) is 0. The highest BCUT2D eigenvalue weighted by atomic mass is 16.3. The van der Waals surface area contributed by atoms with Crippen molar-refractivity contribution in [2.45, 2.75) is 0 Å². The summed E-state index contributed by atoms with van der Waals surface area (Å²) < 4.78 is 51.5. The summed E-state index contributed by atoms with van der Waals surface area (Å²) in [5.74, 6) is 0.541. The van der Waals surface area contributed by atoms with E-state index in [2.05, 4.69) is 77.4 Å². The predicted molar refractivity (Wildman–Crippen MR) is 220 cm³/mol. The average Bonchev–Trinajstić information content (AvgIpc) is 3.79. The fourth-order valence-electron chi connectivity index (χ4n) is 8.41. The van der Waals surface area contributed by atoms with Gasteiger partial charge in [0, 0.05) is 38.2 Å². The van der Waals surface area contributed by atoms with Gasteiger partial charge < -0.3 is 8.98 Å². The molecule has 0 spiro atoms. The summed E-state index contributed by atoms with van der Waals surface area (Å²) in [6, 6.07) is 45.2. The summed E-state index contributed by atoms with van der Waals surface area (Å²) in [6.45, 7) is 0. The van der Waals surface area contributed by atoms with Crippen molar-refractivity contribution >= 4 is 54.5 Å². The van der Waals surface area contributed by atoms with E-state index in [0.717, 1.165) is 54.8 Å². The molecule has 0 saturated heterocycles. The Morgan fingerprint density at radius 3 is 1.94 bits per heavy atom. The van der Waals surface area contributed by atoms with E-state index in [0.29, 0.717) is 16.7 Å². The van der Waals surface area contributed by atoms with Gasteiger partial charge in [-0.25, -0.2) is 15.0 Å². The Kier molecular flexibility index (Phi) is 5.07. The lowest BCUT2D eigenvalue weighted by molar-refractivity contribution is 0.669. The van der Waals surface area contributed by atoms with Crippen LogP contribution in [-0.2, 0) is 0 Å². The lowest BCUT2D eigenvalue weighted by Gasteiger charge is -2.16. The topological polar surface area (TPSA) is 56.7 Å². The second-order valence-electron chi connectivity index (χ2n) is 13.6. The summed E-state index contributed by atoms with van der Waals surface area (Å²) in [6.07, 6.45) is 0. The zero-order chi connectivity index (χ0) is 39.7. The van der Waals surface area contributed by atoms with Crippen LogP contribution in [0.4, 0.5) is 0 Å². The van der Waals surface area contributed by atoms with E-state index in [4.69, 9.17) is 26.2 Å². The van der Waals surface area contributed by atoms with E-state index in [1.807, 2.05) is 66.7 Å². The highest BCUT2D eigenvalue weighted by molar-refractivity contribution is 6.30. The maximum absolute atomic E-state index is 8.91. The highest BCUT2D eigenvalue weighted by Crippen LogP contribution is 2.50. The van der Waals surface area contributed by atoms with Crippen LogP contribution in [0, 0.1) is 0 Å². The van der Waals surface area contributed by atoms with Crippen LogP contribution >= 0.6 is 0 Å². The van der Waals surface area contributed by atoms with Crippen LogP contribution in [0.5, 0.6) is 0 Å². The van der Waals surface area contributed by atoms with Crippen molar-refractivity contribution in [1.82, 2.24) is 19.5 Å². The molecule has 0 unspecified atom stereocenters. The number of furan rings is 1.